The zero-order chi connectivity index (χ0) is 31.0. The minimum atomic E-state index is -4.19. The predicted octanol–water partition coefficient (Wildman–Crippen LogP) is 6.23. The predicted molar refractivity (Wildman–Crippen MR) is 168 cm³/mol. The van der Waals surface area contributed by atoms with Crippen molar-refractivity contribution < 1.29 is 22.7 Å². The van der Waals surface area contributed by atoms with Crippen molar-refractivity contribution in [3.63, 3.8) is 0 Å². The zero-order valence-electron chi connectivity index (χ0n) is 24.4. The normalized spacial score (nSPS) is 12.7. The molecule has 0 aliphatic carbocycles. The van der Waals surface area contributed by atoms with Gasteiger partial charge in [0.25, 0.3) is 10.0 Å². The van der Waals surface area contributed by atoms with Gasteiger partial charge in [0.1, 0.15) is 18.3 Å². The first-order chi connectivity index (χ1) is 19.9. The lowest BCUT2D eigenvalue weighted by molar-refractivity contribution is -0.139. The molecule has 226 valence electrons. The van der Waals surface area contributed by atoms with E-state index in [1.54, 1.807) is 61.5 Å². The van der Waals surface area contributed by atoms with Crippen molar-refractivity contribution >= 4 is 50.7 Å². The van der Waals surface area contributed by atoms with E-state index >= 15 is 0 Å². The number of carbonyl (C=O) groups excluding carboxylic acids is 2. The number of anilines is 1. The van der Waals surface area contributed by atoms with Crippen LogP contribution in [0.3, 0.4) is 0 Å². The van der Waals surface area contributed by atoms with Crippen LogP contribution in [0.1, 0.15) is 45.2 Å². The van der Waals surface area contributed by atoms with Crippen molar-refractivity contribution in [2.45, 2.75) is 64.6 Å². The van der Waals surface area contributed by atoms with Gasteiger partial charge < -0.3 is 15.0 Å². The van der Waals surface area contributed by atoms with E-state index in [4.69, 9.17) is 27.9 Å². The second kappa shape index (κ2) is 14.8. The number of hydrogen-bond donors (Lipinski definition) is 1. The minimum Gasteiger partial charge on any atom is -0.494 e. The lowest BCUT2D eigenvalue weighted by Gasteiger charge is -2.32. The lowest BCUT2D eigenvalue weighted by atomic mass is 10.1. The summed E-state index contributed by atoms with van der Waals surface area (Å²) in [6.45, 7) is 9.06. The molecular weight excluding hydrogens is 597 g/mol. The molecule has 0 radical (unpaired) electrons. The molecule has 0 saturated heterocycles. The Morgan fingerprint density at radius 1 is 0.929 bits per heavy atom. The maximum atomic E-state index is 14.0. The number of rotatable bonds is 13. The number of ether oxygens (including phenoxy) is 1. The highest BCUT2D eigenvalue weighted by molar-refractivity contribution is 7.92. The third-order valence-electron chi connectivity index (χ3n) is 6.83. The monoisotopic (exact) mass is 633 g/mol. The summed E-state index contributed by atoms with van der Waals surface area (Å²) in [6.07, 6.45) is 0.709. The number of sulfonamides is 1. The van der Waals surface area contributed by atoms with Gasteiger partial charge in [0, 0.05) is 12.6 Å². The van der Waals surface area contributed by atoms with Crippen molar-refractivity contribution in [2.75, 3.05) is 17.5 Å². The molecule has 3 rings (SSSR count). The number of amides is 2. The van der Waals surface area contributed by atoms with Gasteiger partial charge in [0.2, 0.25) is 11.8 Å². The number of carbonyl (C=O) groups is 2. The van der Waals surface area contributed by atoms with Crippen molar-refractivity contribution in [3.05, 3.63) is 87.9 Å². The van der Waals surface area contributed by atoms with E-state index in [9.17, 15) is 18.0 Å². The van der Waals surface area contributed by atoms with Gasteiger partial charge in [-0.2, -0.15) is 0 Å². The fraction of sp³-hybridized carbons (Fsp3) is 0.355. The van der Waals surface area contributed by atoms with Gasteiger partial charge in [-0.25, -0.2) is 8.42 Å². The van der Waals surface area contributed by atoms with Gasteiger partial charge in [0.05, 0.1) is 27.2 Å². The van der Waals surface area contributed by atoms with Crippen LogP contribution in [-0.4, -0.2) is 50.4 Å². The highest BCUT2D eigenvalue weighted by Gasteiger charge is 2.33. The van der Waals surface area contributed by atoms with Crippen molar-refractivity contribution in [2.24, 2.45) is 0 Å². The molecule has 0 fully saturated rings. The Morgan fingerprint density at radius 3 is 2.14 bits per heavy atom. The second-order valence-corrected chi connectivity index (χ2v) is 12.7. The van der Waals surface area contributed by atoms with Crippen LogP contribution in [0.15, 0.2) is 71.6 Å². The van der Waals surface area contributed by atoms with Gasteiger partial charge in [-0.15, -0.1) is 0 Å². The number of aryl methyl sites for hydroxylation is 1. The van der Waals surface area contributed by atoms with Crippen LogP contribution in [-0.2, 0) is 26.2 Å². The van der Waals surface area contributed by atoms with Crippen molar-refractivity contribution in [3.8, 4) is 5.75 Å². The molecule has 0 bridgehead atoms. The third kappa shape index (κ3) is 8.40. The zero-order valence-corrected chi connectivity index (χ0v) is 26.8. The summed E-state index contributed by atoms with van der Waals surface area (Å²) in [6, 6.07) is 16.8. The van der Waals surface area contributed by atoms with E-state index in [-0.39, 0.29) is 23.4 Å². The molecular formula is C31H37Cl2N3O5S. The fourth-order valence-corrected chi connectivity index (χ4v) is 5.86. The molecule has 3 aromatic rings. The van der Waals surface area contributed by atoms with E-state index in [0.29, 0.717) is 40.1 Å². The molecule has 0 unspecified atom stereocenters. The van der Waals surface area contributed by atoms with Crippen LogP contribution < -0.4 is 14.4 Å². The van der Waals surface area contributed by atoms with Gasteiger partial charge in [0.15, 0.2) is 0 Å². The first-order valence-electron chi connectivity index (χ1n) is 13.7. The molecule has 0 heterocycles. The van der Waals surface area contributed by atoms with Crippen LogP contribution in [0.2, 0.25) is 10.0 Å². The summed E-state index contributed by atoms with van der Waals surface area (Å²) in [7, 11) is -4.19. The van der Waals surface area contributed by atoms with Crippen LogP contribution >= 0.6 is 23.2 Å². The summed E-state index contributed by atoms with van der Waals surface area (Å²) in [5.41, 5.74) is 1.88. The summed E-state index contributed by atoms with van der Waals surface area (Å²) in [4.78, 5) is 28.6. The molecule has 0 saturated carbocycles. The highest BCUT2D eigenvalue weighted by atomic mass is 35.5. The molecule has 8 nitrogen and oxygen atoms in total. The first-order valence-corrected chi connectivity index (χ1v) is 15.9. The Kier molecular flexibility index (Phi) is 11.7. The van der Waals surface area contributed by atoms with E-state index in [1.807, 2.05) is 27.7 Å². The molecule has 2 amide bonds. The van der Waals surface area contributed by atoms with E-state index in [2.05, 4.69) is 5.32 Å². The summed E-state index contributed by atoms with van der Waals surface area (Å²) >= 11 is 12.3. The summed E-state index contributed by atoms with van der Waals surface area (Å²) < 4.78 is 34.5. The number of benzene rings is 3. The maximum absolute atomic E-state index is 14.0. The third-order valence-corrected chi connectivity index (χ3v) is 9.36. The average Bonchev–Trinajstić information content (AvgIpc) is 2.96. The largest absolute Gasteiger partial charge is 0.494 e. The summed E-state index contributed by atoms with van der Waals surface area (Å²) in [5, 5.41) is 3.57. The topological polar surface area (TPSA) is 96.0 Å². The Morgan fingerprint density at radius 2 is 1.57 bits per heavy atom. The van der Waals surface area contributed by atoms with Crippen LogP contribution in [0, 0.1) is 6.92 Å². The number of nitrogens with one attached hydrogen (secondary N) is 1. The standard InChI is InChI=1S/C31H37Cl2N3O5S/c1-6-22(4)34-31(38)23(5)35(19-24-10-17-28(32)29(33)18-24)30(37)20-36(25-11-8-21(3)9-12-25)42(39,40)27-15-13-26(14-16-27)41-7-2/h8-18,22-23H,6-7,19-20H2,1-5H3,(H,34,38)/t22-,23+/m1/s1. The lowest BCUT2D eigenvalue weighted by Crippen LogP contribution is -2.52. The fourth-order valence-electron chi connectivity index (χ4n) is 4.12. The van der Waals surface area contributed by atoms with Crippen molar-refractivity contribution in [1.82, 2.24) is 10.2 Å². The van der Waals surface area contributed by atoms with Crippen LogP contribution in [0.4, 0.5) is 5.69 Å². The summed E-state index contributed by atoms with van der Waals surface area (Å²) in [5.74, 6) is -0.389. The van der Waals surface area contributed by atoms with E-state index < -0.39 is 28.5 Å². The van der Waals surface area contributed by atoms with Gasteiger partial charge in [-0.05, 0) is 88.2 Å². The second-order valence-electron chi connectivity index (χ2n) is 10.0. The first kappa shape index (κ1) is 33.2. The molecule has 1 N–H and O–H groups in total. The molecule has 0 aliphatic rings. The van der Waals surface area contributed by atoms with Gasteiger partial charge in [-0.3, -0.25) is 13.9 Å². The molecule has 0 spiro atoms. The Labute approximate surface area is 258 Å². The molecule has 11 heteroatoms. The van der Waals surface area contributed by atoms with Crippen LogP contribution in [0.5, 0.6) is 5.75 Å². The smallest absolute Gasteiger partial charge is 0.264 e. The minimum absolute atomic E-state index is 0.00192. The average molecular weight is 635 g/mol. The Balaban J connectivity index is 2.03. The van der Waals surface area contributed by atoms with E-state index in [1.165, 1.54) is 17.0 Å². The van der Waals surface area contributed by atoms with E-state index in [0.717, 1.165) is 9.87 Å². The number of halogens is 2. The molecule has 42 heavy (non-hydrogen) atoms. The van der Waals surface area contributed by atoms with Crippen molar-refractivity contribution in [1.29, 1.82) is 0 Å². The quantitative estimate of drug-likeness (QED) is 0.241. The molecule has 0 aliphatic heterocycles. The number of nitrogens with zero attached hydrogens (tertiary/aromatic N) is 2. The molecule has 2 atom stereocenters. The molecule has 3 aromatic carbocycles. The number of hydrogen-bond acceptors (Lipinski definition) is 5. The van der Waals surface area contributed by atoms with Crippen LogP contribution in [0.25, 0.3) is 0 Å². The Hall–Kier alpha value is -3.27. The van der Waals surface area contributed by atoms with Gasteiger partial charge in [-0.1, -0.05) is 53.9 Å². The SMILES string of the molecule is CCOc1ccc(S(=O)(=O)N(CC(=O)N(Cc2ccc(Cl)c(Cl)c2)[C@@H](C)C(=O)N[C@H](C)CC)c2ccc(C)cc2)cc1. The molecule has 0 aromatic heterocycles. The van der Waals surface area contributed by atoms with Gasteiger partial charge >= 0.3 is 0 Å². The maximum Gasteiger partial charge on any atom is 0.264 e. The highest BCUT2D eigenvalue weighted by Crippen LogP contribution is 2.27. The Bertz CT molecular complexity index is 1480.